The minimum absolute atomic E-state index is 0.0739. The molecule has 144 valence electrons. The van der Waals surface area contributed by atoms with Crippen molar-refractivity contribution in [1.29, 1.82) is 0 Å². The first-order chi connectivity index (χ1) is 14.2. The molecule has 2 heterocycles. The minimum atomic E-state index is -0.400. The van der Waals surface area contributed by atoms with Crippen LogP contribution in [0.2, 0.25) is 5.02 Å². The Bertz CT molecular complexity index is 1120. The van der Waals surface area contributed by atoms with Crippen molar-refractivity contribution in [2.75, 3.05) is 5.75 Å². The molecule has 4 aromatic rings. The number of pyridine rings is 1. The monoisotopic (exact) mass is 422 g/mol. The first-order valence-corrected chi connectivity index (χ1v) is 10.1. The largest absolute Gasteiger partial charge is 0.426 e. The van der Waals surface area contributed by atoms with Crippen LogP contribution < -0.4 is 4.74 Å². The van der Waals surface area contributed by atoms with E-state index >= 15 is 0 Å². The number of thioether (sulfide) groups is 1. The maximum Gasteiger partial charge on any atom is 0.321 e. The molecular formula is C21H15ClN4O2S. The number of hydrogen-bond acceptors (Lipinski definition) is 6. The molecule has 0 radical (unpaired) electrons. The summed E-state index contributed by atoms with van der Waals surface area (Å²) in [5.41, 5.74) is 1.72. The van der Waals surface area contributed by atoms with Crippen LogP contribution in [0.15, 0.2) is 84.3 Å². The fourth-order valence-corrected chi connectivity index (χ4v) is 3.58. The molecule has 0 aliphatic carbocycles. The fourth-order valence-electron chi connectivity index (χ4n) is 2.67. The number of carbonyl (C=O) groups is 1. The Labute approximate surface area is 176 Å². The Morgan fingerprint density at radius 1 is 1.03 bits per heavy atom. The summed E-state index contributed by atoms with van der Waals surface area (Å²) in [7, 11) is 0. The van der Waals surface area contributed by atoms with Crippen molar-refractivity contribution in [3.05, 3.63) is 84.1 Å². The van der Waals surface area contributed by atoms with E-state index in [1.807, 2.05) is 47.0 Å². The summed E-state index contributed by atoms with van der Waals surface area (Å²) in [4.78, 5) is 16.4. The van der Waals surface area contributed by atoms with Crippen molar-refractivity contribution in [2.45, 2.75) is 5.16 Å². The lowest BCUT2D eigenvalue weighted by Gasteiger charge is -2.10. The van der Waals surface area contributed by atoms with Gasteiger partial charge in [-0.3, -0.25) is 14.3 Å². The molecule has 0 N–H and O–H groups in total. The normalized spacial score (nSPS) is 10.7. The molecule has 0 aliphatic rings. The van der Waals surface area contributed by atoms with E-state index < -0.39 is 5.97 Å². The van der Waals surface area contributed by atoms with Crippen molar-refractivity contribution >= 4 is 29.3 Å². The van der Waals surface area contributed by atoms with E-state index in [2.05, 4.69) is 15.2 Å². The molecule has 0 unspecified atom stereocenters. The maximum atomic E-state index is 12.3. The van der Waals surface area contributed by atoms with Crippen molar-refractivity contribution in [2.24, 2.45) is 0 Å². The van der Waals surface area contributed by atoms with E-state index in [9.17, 15) is 4.79 Å². The summed E-state index contributed by atoms with van der Waals surface area (Å²) in [5.74, 6) is 0.728. The van der Waals surface area contributed by atoms with Crippen LogP contribution >= 0.6 is 23.4 Å². The van der Waals surface area contributed by atoms with Gasteiger partial charge >= 0.3 is 5.97 Å². The summed E-state index contributed by atoms with van der Waals surface area (Å²) in [6, 6.07) is 20.2. The highest BCUT2D eigenvalue weighted by Crippen LogP contribution is 2.28. The molecular weight excluding hydrogens is 408 g/mol. The fraction of sp³-hybridized carbons (Fsp3) is 0.0476. The van der Waals surface area contributed by atoms with Crippen LogP contribution in [0.5, 0.6) is 5.75 Å². The third kappa shape index (κ3) is 4.64. The summed E-state index contributed by atoms with van der Waals surface area (Å²) in [6.07, 6.45) is 3.43. The van der Waals surface area contributed by atoms with Gasteiger partial charge in [-0.05, 0) is 42.5 Å². The van der Waals surface area contributed by atoms with E-state index in [0.29, 0.717) is 21.8 Å². The average Bonchev–Trinajstić information content (AvgIpc) is 3.17. The number of hydrogen-bond donors (Lipinski definition) is 0. The number of rotatable bonds is 6. The molecule has 6 nitrogen and oxygen atoms in total. The van der Waals surface area contributed by atoms with Gasteiger partial charge in [0.05, 0.1) is 5.75 Å². The van der Waals surface area contributed by atoms with Crippen LogP contribution in [-0.2, 0) is 4.79 Å². The van der Waals surface area contributed by atoms with Gasteiger partial charge in [-0.2, -0.15) is 0 Å². The Morgan fingerprint density at radius 3 is 2.66 bits per heavy atom. The molecule has 0 aliphatic heterocycles. The van der Waals surface area contributed by atoms with Crippen molar-refractivity contribution < 1.29 is 9.53 Å². The van der Waals surface area contributed by atoms with Gasteiger partial charge in [0, 0.05) is 28.7 Å². The second-order valence-corrected chi connectivity index (χ2v) is 7.32. The van der Waals surface area contributed by atoms with Gasteiger partial charge < -0.3 is 4.74 Å². The zero-order chi connectivity index (χ0) is 20.1. The number of nitrogens with zero attached hydrogens (tertiary/aromatic N) is 4. The maximum absolute atomic E-state index is 12.3. The Hall–Kier alpha value is -3.16. The Kier molecular flexibility index (Phi) is 5.88. The molecule has 29 heavy (non-hydrogen) atoms. The van der Waals surface area contributed by atoms with Gasteiger partial charge in [0.1, 0.15) is 5.75 Å². The van der Waals surface area contributed by atoms with Gasteiger partial charge in [-0.15, -0.1) is 10.2 Å². The summed E-state index contributed by atoms with van der Waals surface area (Å²) in [6.45, 7) is 0. The summed E-state index contributed by atoms with van der Waals surface area (Å²) >= 11 is 7.18. The highest BCUT2D eigenvalue weighted by Gasteiger charge is 2.18. The third-order valence-corrected chi connectivity index (χ3v) is 5.05. The number of carbonyl (C=O) groups excluding carboxylic acids is 1. The van der Waals surface area contributed by atoms with Crippen LogP contribution in [0.25, 0.3) is 17.1 Å². The molecule has 0 bridgehead atoms. The standard InChI is InChI=1S/C21H15ClN4O2S/c22-16-7-4-10-18(12-16)28-19(27)14-29-21-25-24-20(15-6-5-11-23-13-15)26(21)17-8-2-1-3-9-17/h1-13H,14H2. The minimum Gasteiger partial charge on any atom is -0.426 e. The second kappa shape index (κ2) is 8.89. The van der Waals surface area contributed by atoms with Crippen LogP contribution in [0.4, 0.5) is 0 Å². The van der Waals surface area contributed by atoms with Gasteiger partial charge in [-0.1, -0.05) is 47.6 Å². The molecule has 0 spiro atoms. The van der Waals surface area contributed by atoms with Gasteiger partial charge in [-0.25, -0.2) is 0 Å². The zero-order valence-corrected chi connectivity index (χ0v) is 16.7. The second-order valence-electron chi connectivity index (χ2n) is 5.94. The SMILES string of the molecule is O=C(CSc1nnc(-c2cccnc2)n1-c1ccccc1)Oc1cccc(Cl)c1. The molecule has 0 saturated heterocycles. The van der Waals surface area contributed by atoms with Crippen molar-refractivity contribution in [3.63, 3.8) is 0 Å². The molecule has 0 amide bonds. The number of benzene rings is 2. The highest BCUT2D eigenvalue weighted by atomic mass is 35.5. The van der Waals surface area contributed by atoms with Gasteiger partial charge in [0.2, 0.25) is 0 Å². The average molecular weight is 423 g/mol. The molecule has 8 heteroatoms. The first-order valence-electron chi connectivity index (χ1n) is 8.71. The molecule has 0 saturated carbocycles. The number of aromatic nitrogens is 4. The van der Waals surface area contributed by atoms with Crippen molar-refractivity contribution in [1.82, 2.24) is 19.7 Å². The lowest BCUT2D eigenvalue weighted by Crippen LogP contribution is -2.11. The third-order valence-electron chi connectivity index (χ3n) is 3.91. The topological polar surface area (TPSA) is 69.9 Å². The van der Waals surface area contributed by atoms with E-state index in [-0.39, 0.29) is 5.75 Å². The Morgan fingerprint density at radius 2 is 1.90 bits per heavy atom. The lowest BCUT2D eigenvalue weighted by atomic mass is 10.2. The molecule has 0 fully saturated rings. The van der Waals surface area contributed by atoms with Gasteiger partial charge in [0.15, 0.2) is 11.0 Å². The summed E-state index contributed by atoms with van der Waals surface area (Å²) in [5, 5.41) is 9.69. The quantitative estimate of drug-likeness (QED) is 0.255. The van der Waals surface area contributed by atoms with Crippen LogP contribution in [0.3, 0.4) is 0 Å². The van der Waals surface area contributed by atoms with E-state index in [0.717, 1.165) is 11.3 Å². The predicted molar refractivity (Wildman–Crippen MR) is 112 cm³/mol. The van der Waals surface area contributed by atoms with Crippen molar-refractivity contribution in [3.8, 4) is 22.8 Å². The van der Waals surface area contributed by atoms with E-state index in [1.54, 1.807) is 36.7 Å². The number of para-hydroxylation sites is 1. The number of esters is 1. The smallest absolute Gasteiger partial charge is 0.321 e. The summed E-state index contributed by atoms with van der Waals surface area (Å²) < 4.78 is 7.24. The Balaban J connectivity index is 1.57. The molecule has 4 rings (SSSR count). The van der Waals surface area contributed by atoms with E-state index in [1.165, 1.54) is 11.8 Å². The van der Waals surface area contributed by atoms with Crippen LogP contribution in [-0.4, -0.2) is 31.5 Å². The van der Waals surface area contributed by atoms with Crippen LogP contribution in [0.1, 0.15) is 0 Å². The first kappa shape index (κ1) is 19.2. The number of halogens is 1. The lowest BCUT2D eigenvalue weighted by molar-refractivity contribution is -0.131. The molecule has 2 aromatic heterocycles. The highest BCUT2D eigenvalue weighted by molar-refractivity contribution is 7.99. The van der Waals surface area contributed by atoms with Crippen LogP contribution in [0, 0.1) is 0 Å². The molecule has 2 aromatic carbocycles. The van der Waals surface area contributed by atoms with Gasteiger partial charge in [0.25, 0.3) is 0 Å². The van der Waals surface area contributed by atoms with E-state index in [4.69, 9.17) is 16.3 Å². The predicted octanol–water partition coefficient (Wildman–Crippen LogP) is 4.68. The molecule has 0 atom stereocenters. The number of ether oxygens (including phenoxy) is 1. The zero-order valence-electron chi connectivity index (χ0n) is 15.1.